The summed E-state index contributed by atoms with van der Waals surface area (Å²) in [7, 11) is 0. The van der Waals surface area contributed by atoms with E-state index in [0.29, 0.717) is 5.75 Å². The van der Waals surface area contributed by atoms with Gasteiger partial charge in [0.1, 0.15) is 0 Å². The number of H-pyrrole nitrogens is 1. The molecule has 3 aromatic rings. The lowest BCUT2D eigenvalue weighted by Crippen LogP contribution is -2.49. The number of hydrogen-bond donors (Lipinski definition) is 1. The predicted octanol–water partition coefficient (Wildman–Crippen LogP) is 4.59. The third kappa shape index (κ3) is 5.03. The highest BCUT2D eigenvalue weighted by Gasteiger charge is 2.21. The number of thioether (sulfide) groups is 1. The molecule has 1 aliphatic rings. The van der Waals surface area contributed by atoms with Crippen LogP contribution in [-0.4, -0.2) is 52.7 Å². The van der Waals surface area contributed by atoms with Crippen molar-refractivity contribution < 1.29 is 4.79 Å². The molecule has 0 atom stereocenters. The summed E-state index contributed by atoms with van der Waals surface area (Å²) in [6.07, 6.45) is 1.82. The molecule has 0 aliphatic carbocycles. The molecule has 2 aromatic carbocycles. The maximum atomic E-state index is 12.6. The number of rotatable bonds is 5. The predicted molar refractivity (Wildman–Crippen MR) is 122 cm³/mol. The molecule has 7 heteroatoms. The highest BCUT2D eigenvalue weighted by atomic mass is 79.9. The van der Waals surface area contributed by atoms with Gasteiger partial charge in [-0.25, -0.2) is 4.98 Å². The van der Waals surface area contributed by atoms with Gasteiger partial charge in [0.25, 0.3) is 0 Å². The zero-order valence-electron chi connectivity index (χ0n) is 16.3. The molecule has 5 nitrogen and oxygen atoms in total. The summed E-state index contributed by atoms with van der Waals surface area (Å²) >= 11 is 4.91. The zero-order valence-corrected chi connectivity index (χ0v) is 18.7. The lowest BCUT2D eigenvalue weighted by Gasteiger charge is -2.36. The first-order valence-corrected chi connectivity index (χ1v) is 11.4. The molecule has 0 spiro atoms. The number of nitrogens with one attached hydrogen (secondary N) is 1. The second-order valence-electron chi connectivity index (χ2n) is 7.10. The van der Waals surface area contributed by atoms with Gasteiger partial charge < -0.3 is 14.8 Å². The first kappa shape index (κ1) is 20.0. The maximum Gasteiger partial charge on any atom is 0.233 e. The maximum absolute atomic E-state index is 12.6. The van der Waals surface area contributed by atoms with Gasteiger partial charge in [0, 0.05) is 36.3 Å². The van der Waals surface area contributed by atoms with Crippen LogP contribution in [0.25, 0.3) is 11.3 Å². The van der Waals surface area contributed by atoms with Crippen molar-refractivity contribution in [2.75, 3.05) is 36.8 Å². The first-order chi connectivity index (χ1) is 14.1. The van der Waals surface area contributed by atoms with Crippen LogP contribution in [-0.2, 0) is 4.79 Å². The van der Waals surface area contributed by atoms with Gasteiger partial charge in [-0.1, -0.05) is 52.0 Å². The summed E-state index contributed by atoms with van der Waals surface area (Å²) in [5, 5.41) is 0.773. The Balaban J connectivity index is 1.28. The Morgan fingerprint density at radius 2 is 1.90 bits per heavy atom. The molecule has 1 fully saturated rings. The van der Waals surface area contributed by atoms with Gasteiger partial charge >= 0.3 is 0 Å². The van der Waals surface area contributed by atoms with Crippen LogP contribution in [0.1, 0.15) is 5.56 Å². The molecule has 0 bridgehead atoms. The molecule has 0 saturated carbocycles. The quantitative estimate of drug-likeness (QED) is 0.554. The number of hydrogen-bond acceptors (Lipinski definition) is 4. The van der Waals surface area contributed by atoms with Crippen LogP contribution in [0, 0.1) is 6.92 Å². The molecule has 4 rings (SSSR count). The fourth-order valence-corrected chi connectivity index (χ4v) is 4.43. The van der Waals surface area contributed by atoms with E-state index in [1.54, 1.807) is 0 Å². The molecule has 0 unspecified atom stereocenters. The smallest absolute Gasteiger partial charge is 0.233 e. The Kier molecular flexibility index (Phi) is 6.25. The number of benzene rings is 2. The number of piperazine rings is 1. The second kappa shape index (κ2) is 9.05. The topological polar surface area (TPSA) is 52.2 Å². The Morgan fingerprint density at radius 3 is 2.62 bits per heavy atom. The fraction of sp³-hybridized carbons (Fsp3) is 0.273. The number of imidazole rings is 1. The summed E-state index contributed by atoms with van der Waals surface area (Å²) in [6, 6.07) is 16.6. The number of nitrogens with zero attached hydrogens (tertiary/aromatic N) is 3. The van der Waals surface area contributed by atoms with Crippen molar-refractivity contribution in [3.63, 3.8) is 0 Å². The van der Waals surface area contributed by atoms with Crippen molar-refractivity contribution >= 4 is 39.3 Å². The van der Waals surface area contributed by atoms with Gasteiger partial charge in [0.05, 0.1) is 17.6 Å². The second-order valence-corrected chi connectivity index (χ2v) is 8.98. The number of halogens is 1. The lowest BCUT2D eigenvalue weighted by atomic mass is 10.2. The molecule has 29 heavy (non-hydrogen) atoms. The van der Waals surface area contributed by atoms with E-state index in [1.807, 2.05) is 35.4 Å². The van der Waals surface area contributed by atoms with Crippen LogP contribution in [0.3, 0.4) is 0 Å². The standard InChI is InChI=1S/C22H23BrN4OS/c1-16-3-2-4-19(13-16)26-9-11-27(12-10-26)21(28)15-29-22-24-14-20(25-22)17-5-7-18(23)8-6-17/h2-8,13-14H,9-12,15H2,1H3,(H,24,25). The van der Waals surface area contributed by atoms with E-state index < -0.39 is 0 Å². The molecule has 1 amide bonds. The minimum Gasteiger partial charge on any atom is -0.368 e. The van der Waals surface area contributed by atoms with E-state index in [0.717, 1.165) is 47.1 Å². The Hall–Kier alpha value is -2.25. The van der Waals surface area contributed by atoms with Crippen molar-refractivity contribution in [1.82, 2.24) is 14.9 Å². The summed E-state index contributed by atoms with van der Waals surface area (Å²) in [5.74, 6) is 0.568. The van der Waals surface area contributed by atoms with Gasteiger partial charge in [0.15, 0.2) is 5.16 Å². The number of amides is 1. The average molecular weight is 471 g/mol. The molecular formula is C22H23BrN4OS. The number of carbonyl (C=O) groups excluding carboxylic acids is 1. The van der Waals surface area contributed by atoms with Crippen molar-refractivity contribution in [3.8, 4) is 11.3 Å². The number of anilines is 1. The van der Waals surface area contributed by atoms with E-state index in [4.69, 9.17) is 0 Å². The number of aryl methyl sites for hydroxylation is 1. The van der Waals surface area contributed by atoms with Crippen molar-refractivity contribution in [2.24, 2.45) is 0 Å². The summed E-state index contributed by atoms with van der Waals surface area (Å²) < 4.78 is 1.04. The van der Waals surface area contributed by atoms with Crippen LogP contribution in [0.2, 0.25) is 0 Å². The van der Waals surface area contributed by atoms with E-state index >= 15 is 0 Å². The van der Waals surface area contributed by atoms with E-state index in [9.17, 15) is 4.79 Å². The SMILES string of the molecule is Cc1cccc(N2CCN(C(=O)CSc3ncc(-c4ccc(Br)cc4)[nH]3)CC2)c1. The molecular weight excluding hydrogens is 448 g/mol. The van der Waals surface area contributed by atoms with Crippen LogP contribution in [0.5, 0.6) is 0 Å². The van der Waals surface area contributed by atoms with Gasteiger partial charge in [-0.05, 0) is 42.3 Å². The van der Waals surface area contributed by atoms with Crippen LogP contribution in [0.15, 0.2) is 64.4 Å². The minimum absolute atomic E-state index is 0.167. The Morgan fingerprint density at radius 1 is 1.14 bits per heavy atom. The van der Waals surface area contributed by atoms with Crippen molar-refractivity contribution in [2.45, 2.75) is 12.1 Å². The van der Waals surface area contributed by atoms with Crippen LogP contribution in [0.4, 0.5) is 5.69 Å². The van der Waals surface area contributed by atoms with Crippen LogP contribution >= 0.6 is 27.7 Å². The van der Waals surface area contributed by atoms with Crippen LogP contribution < -0.4 is 4.90 Å². The third-order valence-corrected chi connectivity index (χ3v) is 6.44. The van der Waals surface area contributed by atoms with E-state index in [-0.39, 0.29) is 5.91 Å². The molecule has 1 saturated heterocycles. The Labute approximate surface area is 183 Å². The summed E-state index contributed by atoms with van der Waals surface area (Å²) in [4.78, 5) is 24.6. The molecule has 0 radical (unpaired) electrons. The zero-order chi connectivity index (χ0) is 20.2. The van der Waals surface area contributed by atoms with Gasteiger partial charge in [-0.15, -0.1) is 0 Å². The molecule has 2 heterocycles. The summed E-state index contributed by atoms with van der Waals surface area (Å²) in [5.41, 5.74) is 4.53. The molecule has 1 N–H and O–H groups in total. The molecule has 1 aromatic heterocycles. The Bertz CT molecular complexity index is 980. The normalized spacial score (nSPS) is 14.3. The van der Waals surface area contributed by atoms with Gasteiger partial charge in [-0.2, -0.15) is 0 Å². The highest BCUT2D eigenvalue weighted by molar-refractivity contribution is 9.10. The van der Waals surface area contributed by atoms with Crippen molar-refractivity contribution in [3.05, 3.63) is 64.8 Å². The van der Waals surface area contributed by atoms with Gasteiger partial charge in [0.2, 0.25) is 5.91 Å². The highest BCUT2D eigenvalue weighted by Crippen LogP contribution is 2.24. The number of carbonyl (C=O) groups is 1. The molecule has 150 valence electrons. The lowest BCUT2D eigenvalue weighted by molar-refractivity contribution is -0.128. The molecule has 1 aliphatic heterocycles. The number of aromatic amines is 1. The average Bonchev–Trinajstić information content (AvgIpc) is 3.22. The van der Waals surface area contributed by atoms with Crippen molar-refractivity contribution in [1.29, 1.82) is 0 Å². The number of aromatic nitrogens is 2. The first-order valence-electron chi connectivity index (χ1n) is 9.61. The largest absolute Gasteiger partial charge is 0.368 e. The van der Waals surface area contributed by atoms with E-state index in [2.05, 4.69) is 62.0 Å². The third-order valence-electron chi connectivity index (χ3n) is 5.04. The monoisotopic (exact) mass is 470 g/mol. The minimum atomic E-state index is 0.167. The fourth-order valence-electron chi connectivity index (χ4n) is 3.41. The van der Waals surface area contributed by atoms with Gasteiger partial charge in [-0.3, -0.25) is 4.79 Å². The van der Waals surface area contributed by atoms with E-state index in [1.165, 1.54) is 23.0 Å². The summed E-state index contributed by atoms with van der Waals surface area (Å²) in [6.45, 7) is 5.37.